The van der Waals surface area contributed by atoms with Crippen LogP contribution in [0.15, 0.2) is 0 Å². The van der Waals surface area contributed by atoms with E-state index in [0.29, 0.717) is 0 Å². The monoisotopic (exact) mass is 228 g/mol. The molecule has 0 aromatic carbocycles. The van der Waals surface area contributed by atoms with Crippen molar-refractivity contribution in [3.05, 3.63) is 20.2 Å². The maximum atomic E-state index is 8.36. The average Bonchev–Trinajstić information content (AvgIpc) is 2.03. The minimum absolute atomic E-state index is 0.750. The molecule has 0 aliphatic heterocycles. The Hall–Kier alpha value is -1.64. The zero-order valence-electron chi connectivity index (χ0n) is 9.08. The van der Waals surface area contributed by atoms with Crippen LogP contribution in [-0.4, -0.2) is 21.9 Å². The van der Waals surface area contributed by atoms with E-state index in [0.717, 1.165) is 6.54 Å². The molecule has 0 unspecified atom stereocenters. The Kier molecular flexibility index (Phi) is 45.7. The van der Waals surface area contributed by atoms with Crippen LogP contribution in [0.4, 0.5) is 0 Å². The van der Waals surface area contributed by atoms with Crippen LogP contribution in [0.2, 0.25) is 0 Å². The third kappa shape index (κ3) is 3240. The van der Waals surface area contributed by atoms with Gasteiger partial charge in [-0.05, 0) is 6.54 Å². The van der Waals surface area contributed by atoms with Gasteiger partial charge in [-0.15, -0.1) is 25.4 Å². The van der Waals surface area contributed by atoms with Gasteiger partial charge in [-0.25, -0.2) is 0 Å². The SMILES string of the molecule is CCCC.CCN.O=[N+]([O-])O.[O][N+](=O)[O-]. The van der Waals surface area contributed by atoms with Crippen LogP contribution in [0.3, 0.4) is 0 Å². The Morgan fingerprint density at radius 3 is 1.20 bits per heavy atom. The van der Waals surface area contributed by atoms with Gasteiger partial charge in [0.1, 0.15) is 0 Å². The molecule has 0 heterocycles. The Labute approximate surface area is 87.7 Å². The molecule has 1 radical (unpaired) electrons. The summed E-state index contributed by atoms with van der Waals surface area (Å²) in [5.41, 5.74) is 4.85. The first-order chi connectivity index (χ1) is 6.79. The second kappa shape index (κ2) is 29.4. The van der Waals surface area contributed by atoms with Crippen LogP contribution in [0, 0.1) is 20.2 Å². The zero-order valence-corrected chi connectivity index (χ0v) is 9.08. The highest BCUT2D eigenvalue weighted by atomic mass is 16.9. The Morgan fingerprint density at radius 2 is 1.20 bits per heavy atom. The molecular formula is C6H18N3O6. The van der Waals surface area contributed by atoms with Crippen molar-refractivity contribution in [3.8, 4) is 0 Å². The summed E-state index contributed by atoms with van der Waals surface area (Å²) in [5.74, 6) is 0. The number of nitrogens with zero attached hydrogens (tertiary/aromatic N) is 2. The summed E-state index contributed by atoms with van der Waals surface area (Å²) in [6, 6.07) is 0. The number of rotatable bonds is 1. The Morgan fingerprint density at radius 1 is 1.13 bits per heavy atom. The second-order valence-electron chi connectivity index (χ2n) is 1.87. The lowest BCUT2D eigenvalue weighted by molar-refractivity contribution is -0.782. The summed E-state index contributed by atoms with van der Waals surface area (Å²) >= 11 is 0. The summed E-state index contributed by atoms with van der Waals surface area (Å²) < 4.78 is 0. The van der Waals surface area contributed by atoms with Gasteiger partial charge >= 0.3 is 5.09 Å². The smallest absolute Gasteiger partial charge is 0.322 e. The largest absolute Gasteiger partial charge is 0.331 e. The molecule has 0 saturated heterocycles. The summed E-state index contributed by atoms with van der Waals surface area (Å²) in [6.07, 6.45) is 2.64. The topological polar surface area (TPSA) is 152 Å². The fraction of sp³-hybridized carbons (Fsp3) is 1.00. The fourth-order valence-corrected chi connectivity index (χ4v) is 0. The zero-order chi connectivity index (χ0) is 13.3. The van der Waals surface area contributed by atoms with Gasteiger partial charge in [-0.2, -0.15) is 0 Å². The van der Waals surface area contributed by atoms with Crippen molar-refractivity contribution in [2.75, 3.05) is 6.54 Å². The highest BCUT2D eigenvalue weighted by molar-refractivity contribution is 4.12. The minimum atomic E-state index is -1.75. The third-order valence-electron chi connectivity index (χ3n) is 0.500. The van der Waals surface area contributed by atoms with Crippen molar-refractivity contribution >= 4 is 0 Å². The standard InChI is InChI=1S/C4H10.C2H7N.HNO3.NO3/c1-3-4-2;1-2-3;2*2-1(3)4/h3-4H2,1-2H3;2-3H2,1H3;(H,2,3,4);. The van der Waals surface area contributed by atoms with Crippen molar-refractivity contribution in [2.24, 2.45) is 5.73 Å². The van der Waals surface area contributed by atoms with E-state index >= 15 is 0 Å². The molecule has 0 amide bonds. The molecule has 9 heteroatoms. The van der Waals surface area contributed by atoms with Crippen LogP contribution in [0.25, 0.3) is 0 Å². The van der Waals surface area contributed by atoms with Gasteiger partial charge in [0, 0.05) is 0 Å². The van der Waals surface area contributed by atoms with E-state index in [1.807, 2.05) is 6.92 Å². The van der Waals surface area contributed by atoms with Crippen molar-refractivity contribution < 1.29 is 20.6 Å². The molecule has 0 rings (SSSR count). The molecule has 3 N–H and O–H groups in total. The summed E-state index contributed by atoms with van der Waals surface area (Å²) in [6.45, 7) is 7.01. The molecule has 0 saturated carbocycles. The normalized spacial score (nSPS) is 6.40. The second-order valence-corrected chi connectivity index (χ2v) is 1.87. The lowest BCUT2D eigenvalue weighted by Crippen LogP contribution is -1.87. The van der Waals surface area contributed by atoms with Crippen LogP contribution in [-0.2, 0) is 5.21 Å². The van der Waals surface area contributed by atoms with E-state index in [2.05, 4.69) is 13.8 Å². The maximum absolute atomic E-state index is 8.36. The first-order valence-corrected chi connectivity index (χ1v) is 4.14. The molecule has 0 spiro atoms. The molecule has 0 aliphatic rings. The summed E-state index contributed by atoms with van der Waals surface area (Å²) in [4.78, 5) is 16.6. The van der Waals surface area contributed by atoms with Crippen molar-refractivity contribution in [3.63, 3.8) is 0 Å². The fourth-order valence-electron chi connectivity index (χ4n) is 0. The molecule has 0 aromatic rings. The van der Waals surface area contributed by atoms with Crippen molar-refractivity contribution in [2.45, 2.75) is 33.6 Å². The lowest BCUT2D eigenvalue weighted by atomic mass is 10.4. The van der Waals surface area contributed by atoms with Gasteiger partial charge in [-0.1, -0.05) is 33.6 Å². The van der Waals surface area contributed by atoms with Crippen LogP contribution in [0.1, 0.15) is 33.6 Å². The highest BCUT2D eigenvalue weighted by Crippen LogP contribution is 1.76. The lowest BCUT2D eigenvalue weighted by Gasteiger charge is -1.68. The number of hydrogen-bond donors (Lipinski definition) is 2. The molecular weight excluding hydrogens is 210 g/mol. The van der Waals surface area contributed by atoms with E-state index in [1.54, 1.807) is 0 Å². The van der Waals surface area contributed by atoms with E-state index in [9.17, 15) is 0 Å². The predicted molar refractivity (Wildman–Crippen MR) is 51.8 cm³/mol. The van der Waals surface area contributed by atoms with Crippen molar-refractivity contribution in [1.82, 2.24) is 0 Å². The average molecular weight is 228 g/mol. The third-order valence-corrected chi connectivity index (χ3v) is 0.500. The predicted octanol–water partition coefficient (Wildman–Crippen LogP) is 1.03. The van der Waals surface area contributed by atoms with Gasteiger partial charge in [0.2, 0.25) is 0 Å². The molecule has 15 heavy (non-hydrogen) atoms. The van der Waals surface area contributed by atoms with Gasteiger partial charge in [0.25, 0.3) is 5.09 Å². The van der Waals surface area contributed by atoms with E-state index in [4.69, 9.17) is 36.4 Å². The number of unbranched alkanes of at least 4 members (excludes halogenated alkanes) is 1. The number of hydrogen-bond acceptors (Lipinski definition) is 5. The van der Waals surface area contributed by atoms with E-state index in [-0.39, 0.29) is 0 Å². The van der Waals surface area contributed by atoms with Crippen LogP contribution < -0.4 is 5.73 Å². The van der Waals surface area contributed by atoms with Crippen LogP contribution >= 0.6 is 0 Å². The maximum Gasteiger partial charge on any atom is 0.322 e. The first-order valence-electron chi connectivity index (χ1n) is 4.14. The summed E-state index contributed by atoms with van der Waals surface area (Å²) in [7, 11) is 0. The highest BCUT2D eigenvalue weighted by Gasteiger charge is 1.70. The quantitative estimate of drug-likeness (QED) is 0.504. The van der Waals surface area contributed by atoms with E-state index in [1.165, 1.54) is 12.8 Å². The van der Waals surface area contributed by atoms with E-state index < -0.39 is 10.2 Å². The summed E-state index contributed by atoms with van der Waals surface area (Å²) in [5, 5.41) is 28.4. The Balaban J connectivity index is -0.0000000542. The molecule has 0 atom stereocenters. The molecule has 0 aromatic heterocycles. The van der Waals surface area contributed by atoms with Gasteiger partial charge in [0.05, 0.1) is 0 Å². The first kappa shape index (κ1) is 23.3. The number of nitrogens with two attached hydrogens (primary N) is 1. The molecule has 0 fully saturated rings. The molecule has 93 valence electrons. The molecule has 0 bridgehead atoms. The minimum Gasteiger partial charge on any atom is -0.331 e. The van der Waals surface area contributed by atoms with Gasteiger partial charge in [0.15, 0.2) is 0 Å². The van der Waals surface area contributed by atoms with Gasteiger partial charge < -0.3 is 10.9 Å². The van der Waals surface area contributed by atoms with Gasteiger partial charge in [-0.3, -0.25) is 0 Å². The molecule has 9 nitrogen and oxygen atoms in total. The van der Waals surface area contributed by atoms with Crippen molar-refractivity contribution in [1.29, 1.82) is 0 Å². The van der Waals surface area contributed by atoms with Crippen LogP contribution in [0.5, 0.6) is 0 Å². The Bertz CT molecular complexity index is 110. The molecule has 0 aliphatic carbocycles.